The second-order valence-corrected chi connectivity index (χ2v) is 5.29. The molecule has 0 fully saturated rings. The summed E-state index contributed by atoms with van der Waals surface area (Å²) in [4.78, 5) is 0. The summed E-state index contributed by atoms with van der Waals surface area (Å²) in [7, 11) is 1.74. The van der Waals surface area contributed by atoms with Crippen molar-refractivity contribution >= 4 is 0 Å². The molecule has 0 N–H and O–H groups in total. The molecule has 1 aromatic rings. The first-order chi connectivity index (χ1) is 7.52. The third-order valence-corrected chi connectivity index (χ3v) is 2.99. The van der Waals surface area contributed by atoms with E-state index in [-0.39, 0.29) is 11.5 Å². The Labute approximate surface area is 96.5 Å². The van der Waals surface area contributed by atoms with Crippen LogP contribution in [0.4, 0.5) is 0 Å². The second kappa shape index (κ2) is 4.09. The quantitative estimate of drug-likeness (QED) is 0.732. The molecule has 2 rings (SSSR count). The minimum Gasteiger partial charge on any atom is -0.478 e. The van der Waals surface area contributed by atoms with Gasteiger partial charge in [-0.05, 0) is 5.41 Å². The van der Waals surface area contributed by atoms with Gasteiger partial charge in [0.25, 0.3) is 0 Å². The number of rotatable bonds is 1. The maximum atomic E-state index is 5.80. The van der Waals surface area contributed by atoms with E-state index >= 15 is 0 Å². The van der Waals surface area contributed by atoms with Crippen LogP contribution >= 0.6 is 0 Å². The lowest BCUT2D eigenvalue weighted by atomic mass is 9.89. The average Bonchev–Trinajstić information content (AvgIpc) is 2.49. The molecular formula is C12H20N2O2. The standard InChI is InChI=1S/C12H20N2O2/c1-12(2,3)10-7-13-14-8-9(15-4)5-6-16-11(10)14/h7,9H,5-6,8H2,1-4H3. The van der Waals surface area contributed by atoms with Gasteiger partial charge in [-0.3, -0.25) is 0 Å². The van der Waals surface area contributed by atoms with E-state index in [1.807, 2.05) is 10.9 Å². The van der Waals surface area contributed by atoms with Gasteiger partial charge in [0.2, 0.25) is 5.88 Å². The molecule has 1 aromatic heterocycles. The van der Waals surface area contributed by atoms with Crippen molar-refractivity contribution in [3.05, 3.63) is 11.8 Å². The largest absolute Gasteiger partial charge is 0.478 e. The van der Waals surface area contributed by atoms with Gasteiger partial charge in [0.15, 0.2) is 0 Å². The van der Waals surface area contributed by atoms with Crippen molar-refractivity contribution < 1.29 is 9.47 Å². The summed E-state index contributed by atoms with van der Waals surface area (Å²) in [6.07, 6.45) is 3.03. The fraction of sp³-hybridized carbons (Fsp3) is 0.750. The van der Waals surface area contributed by atoms with Crippen LogP contribution in [0.1, 0.15) is 32.8 Å². The van der Waals surface area contributed by atoms with E-state index in [1.54, 1.807) is 7.11 Å². The first kappa shape index (κ1) is 11.5. The maximum Gasteiger partial charge on any atom is 0.215 e. The van der Waals surface area contributed by atoms with Gasteiger partial charge < -0.3 is 9.47 Å². The number of methoxy groups -OCH3 is 1. The zero-order chi connectivity index (χ0) is 11.8. The molecule has 90 valence electrons. The van der Waals surface area contributed by atoms with Crippen molar-refractivity contribution in [2.24, 2.45) is 0 Å². The molecule has 0 amide bonds. The summed E-state index contributed by atoms with van der Waals surface area (Å²) < 4.78 is 13.1. The molecular weight excluding hydrogens is 204 g/mol. The zero-order valence-electron chi connectivity index (χ0n) is 10.5. The lowest BCUT2D eigenvalue weighted by Gasteiger charge is -2.18. The molecule has 1 aliphatic heterocycles. The van der Waals surface area contributed by atoms with Crippen LogP contribution in [0.25, 0.3) is 0 Å². The Hall–Kier alpha value is -1.03. The van der Waals surface area contributed by atoms with Crippen LogP contribution in [0, 0.1) is 0 Å². The van der Waals surface area contributed by atoms with Crippen molar-refractivity contribution in [2.75, 3.05) is 13.7 Å². The van der Waals surface area contributed by atoms with Gasteiger partial charge in [-0.25, -0.2) is 4.68 Å². The molecule has 4 nitrogen and oxygen atoms in total. The monoisotopic (exact) mass is 224 g/mol. The van der Waals surface area contributed by atoms with Crippen LogP contribution in [-0.4, -0.2) is 29.6 Å². The number of fused-ring (bicyclic) bond motifs is 1. The SMILES string of the molecule is COC1CCOc2c(C(C)(C)C)cnn2C1. The molecule has 16 heavy (non-hydrogen) atoms. The van der Waals surface area contributed by atoms with E-state index in [0.717, 1.165) is 18.8 Å². The number of hydrogen-bond acceptors (Lipinski definition) is 3. The number of nitrogens with zero attached hydrogens (tertiary/aromatic N) is 2. The molecule has 1 unspecified atom stereocenters. The molecule has 2 heterocycles. The van der Waals surface area contributed by atoms with Crippen molar-refractivity contribution in [1.29, 1.82) is 0 Å². The Kier molecular flexibility index (Phi) is 2.93. The van der Waals surface area contributed by atoms with Gasteiger partial charge in [-0.1, -0.05) is 20.8 Å². The van der Waals surface area contributed by atoms with Gasteiger partial charge >= 0.3 is 0 Å². The van der Waals surface area contributed by atoms with E-state index in [1.165, 1.54) is 5.56 Å². The zero-order valence-corrected chi connectivity index (χ0v) is 10.5. The summed E-state index contributed by atoms with van der Waals surface area (Å²) in [5, 5.41) is 4.39. The molecule has 0 saturated heterocycles. The average molecular weight is 224 g/mol. The molecule has 0 radical (unpaired) electrons. The van der Waals surface area contributed by atoms with E-state index in [4.69, 9.17) is 9.47 Å². The molecule has 0 aromatic carbocycles. The van der Waals surface area contributed by atoms with Crippen LogP contribution in [0.5, 0.6) is 5.88 Å². The van der Waals surface area contributed by atoms with E-state index in [2.05, 4.69) is 25.9 Å². The Bertz CT molecular complexity index is 366. The normalized spacial score (nSPS) is 21.1. The Morgan fingerprint density at radius 1 is 1.50 bits per heavy atom. The molecule has 0 saturated carbocycles. The highest BCUT2D eigenvalue weighted by molar-refractivity contribution is 5.31. The van der Waals surface area contributed by atoms with Gasteiger partial charge in [0, 0.05) is 19.1 Å². The molecule has 4 heteroatoms. The topological polar surface area (TPSA) is 36.3 Å². The predicted molar refractivity (Wildman–Crippen MR) is 61.8 cm³/mol. The Morgan fingerprint density at radius 2 is 2.25 bits per heavy atom. The van der Waals surface area contributed by atoms with Crippen LogP contribution in [0.3, 0.4) is 0 Å². The van der Waals surface area contributed by atoms with Crippen molar-refractivity contribution in [3.8, 4) is 5.88 Å². The van der Waals surface area contributed by atoms with Gasteiger partial charge in [-0.15, -0.1) is 0 Å². The molecule has 1 aliphatic rings. The summed E-state index contributed by atoms with van der Waals surface area (Å²) in [6.45, 7) is 8.00. The fourth-order valence-electron chi connectivity index (χ4n) is 1.93. The summed E-state index contributed by atoms with van der Waals surface area (Å²) >= 11 is 0. The summed E-state index contributed by atoms with van der Waals surface area (Å²) in [6, 6.07) is 0. The van der Waals surface area contributed by atoms with Crippen LogP contribution in [-0.2, 0) is 16.7 Å². The maximum absolute atomic E-state index is 5.80. The molecule has 0 bridgehead atoms. The number of hydrogen-bond donors (Lipinski definition) is 0. The minimum absolute atomic E-state index is 0.0699. The first-order valence-electron chi connectivity index (χ1n) is 5.74. The molecule has 0 aliphatic carbocycles. The van der Waals surface area contributed by atoms with Crippen molar-refractivity contribution in [3.63, 3.8) is 0 Å². The lowest BCUT2D eigenvalue weighted by molar-refractivity contribution is 0.0775. The van der Waals surface area contributed by atoms with Gasteiger partial charge in [-0.2, -0.15) is 5.10 Å². The smallest absolute Gasteiger partial charge is 0.215 e. The summed E-state index contributed by atoms with van der Waals surface area (Å²) in [5.74, 6) is 0.909. The van der Waals surface area contributed by atoms with E-state index in [9.17, 15) is 0 Å². The highest BCUT2D eigenvalue weighted by Crippen LogP contribution is 2.32. The minimum atomic E-state index is 0.0699. The summed E-state index contributed by atoms with van der Waals surface area (Å²) in [5.41, 5.74) is 1.24. The highest BCUT2D eigenvalue weighted by Gasteiger charge is 2.26. The van der Waals surface area contributed by atoms with Crippen LogP contribution < -0.4 is 4.74 Å². The Morgan fingerprint density at radius 3 is 2.88 bits per heavy atom. The van der Waals surface area contributed by atoms with Crippen molar-refractivity contribution in [1.82, 2.24) is 9.78 Å². The number of aromatic nitrogens is 2. The van der Waals surface area contributed by atoms with E-state index in [0.29, 0.717) is 6.61 Å². The molecule has 1 atom stereocenters. The van der Waals surface area contributed by atoms with Crippen LogP contribution in [0.15, 0.2) is 6.20 Å². The highest BCUT2D eigenvalue weighted by atomic mass is 16.5. The fourth-order valence-corrected chi connectivity index (χ4v) is 1.93. The second-order valence-electron chi connectivity index (χ2n) is 5.29. The van der Waals surface area contributed by atoms with E-state index < -0.39 is 0 Å². The predicted octanol–water partition coefficient (Wildman–Crippen LogP) is 1.98. The third-order valence-electron chi connectivity index (χ3n) is 2.99. The Balaban J connectivity index is 2.32. The number of ether oxygens (including phenoxy) is 2. The molecule has 0 spiro atoms. The van der Waals surface area contributed by atoms with Gasteiger partial charge in [0.1, 0.15) is 0 Å². The van der Waals surface area contributed by atoms with Gasteiger partial charge in [0.05, 0.1) is 25.5 Å². The van der Waals surface area contributed by atoms with Crippen LogP contribution in [0.2, 0.25) is 0 Å². The first-order valence-corrected chi connectivity index (χ1v) is 5.74. The third kappa shape index (κ3) is 2.07. The van der Waals surface area contributed by atoms with Crippen molar-refractivity contribution in [2.45, 2.75) is 45.3 Å². The lowest BCUT2D eigenvalue weighted by Crippen LogP contribution is -2.17.